The fourth-order valence-electron chi connectivity index (χ4n) is 3.92. The minimum Gasteiger partial charge on any atom is -0.378 e. The summed E-state index contributed by atoms with van der Waals surface area (Å²) in [6.45, 7) is -0.502. The van der Waals surface area contributed by atoms with Gasteiger partial charge in [0.25, 0.3) is 12.3 Å². The monoisotopic (exact) mass is 491 g/mol. The lowest BCUT2D eigenvalue weighted by atomic mass is 9.88. The molecule has 13 heteroatoms. The van der Waals surface area contributed by atoms with E-state index in [1.54, 1.807) is 0 Å². The van der Waals surface area contributed by atoms with Gasteiger partial charge in [0.05, 0.1) is 30.3 Å². The number of rotatable bonds is 12. The van der Waals surface area contributed by atoms with Gasteiger partial charge in [-0.05, 0) is 65.9 Å². The van der Waals surface area contributed by atoms with Crippen LogP contribution in [0.4, 0.5) is 20.3 Å². The molecule has 4 rings (SSSR count). The van der Waals surface area contributed by atoms with E-state index in [2.05, 4.69) is 35.9 Å². The van der Waals surface area contributed by atoms with E-state index < -0.39 is 30.8 Å². The quantitative estimate of drug-likeness (QED) is 0.381. The average molecular weight is 492 g/mol. The van der Waals surface area contributed by atoms with Crippen molar-refractivity contribution in [2.45, 2.75) is 43.2 Å². The number of anilines is 2. The van der Waals surface area contributed by atoms with Crippen molar-refractivity contribution in [2.24, 2.45) is 17.8 Å². The summed E-state index contributed by atoms with van der Waals surface area (Å²) in [4.78, 5) is 30.4. The van der Waals surface area contributed by atoms with Crippen molar-refractivity contribution in [2.75, 3.05) is 22.9 Å². The number of nitrogens with zero attached hydrogens (tertiary/aromatic N) is 4. The van der Waals surface area contributed by atoms with Crippen LogP contribution in [-0.4, -0.2) is 51.9 Å². The highest BCUT2D eigenvalue weighted by atomic mass is 32.2. The Balaban J connectivity index is 1.48. The van der Waals surface area contributed by atoms with Gasteiger partial charge in [0.15, 0.2) is 5.03 Å². The summed E-state index contributed by atoms with van der Waals surface area (Å²) < 4.78 is 29.4. The van der Waals surface area contributed by atoms with E-state index in [1.165, 1.54) is 18.3 Å². The molecule has 2 saturated carbocycles. The molecule has 2 aromatic rings. The molecule has 0 bridgehead atoms. The summed E-state index contributed by atoms with van der Waals surface area (Å²) in [6.07, 6.45) is 2.85. The van der Waals surface area contributed by atoms with E-state index in [9.17, 15) is 18.4 Å². The van der Waals surface area contributed by atoms with Gasteiger partial charge < -0.3 is 16.0 Å². The molecule has 0 radical (unpaired) electrons. The van der Waals surface area contributed by atoms with Crippen LogP contribution in [0.3, 0.4) is 0 Å². The molecular formula is C21H23F2N7O3S. The fraction of sp³-hybridized carbons (Fsp3) is 0.524. The molecule has 2 heterocycles. The van der Waals surface area contributed by atoms with E-state index in [4.69, 9.17) is 5.26 Å². The summed E-state index contributed by atoms with van der Waals surface area (Å²) in [5.41, 5.74) is 0.328. The van der Waals surface area contributed by atoms with Crippen LogP contribution in [0.25, 0.3) is 0 Å². The fourth-order valence-corrected chi connectivity index (χ4v) is 4.48. The molecule has 0 aliphatic heterocycles. The third kappa shape index (κ3) is 6.19. The number of carbonyl (C=O) groups excluding carboxylic acids is 2. The molecule has 34 heavy (non-hydrogen) atoms. The highest BCUT2D eigenvalue weighted by molar-refractivity contribution is 7.99. The molecular weight excluding hydrogens is 468 g/mol. The standard InChI is InChI=1S/C21H23F2N7O3S/c22-14(23)10-25-13-5-6-15(26-9-13)27-19(31)17(16(11-1-2-11)12-3-4-12)28-20(32)18-21(30-33-29-18)34-8-7-24/h5-6,9,11-12,14,16-17,25H,1-4,8,10H2,(H,28,32)(H,26,27,31)/t17-/m0/s1. The minimum atomic E-state index is -2.50. The van der Waals surface area contributed by atoms with Gasteiger partial charge in [-0.15, -0.1) is 0 Å². The van der Waals surface area contributed by atoms with Crippen LogP contribution in [-0.2, 0) is 4.79 Å². The minimum absolute atomic E-state index is 0.0222. The Morgan fingerprint density at radius 1 is 1.21 bits per heavy atom. The first-order valence-corrected chi connectivity index (χ1v) is 11.9. The van der Waals surface area contributed by atoms with Crippen LogP contribution >= 0.6 is 11.8 Å². The zero-order valence-corrected chi connectivity index (χ0v) is 18.9. The summed E-state index contributed by atoms with van der Waals surface area (Å²) in [7, 11) is 0. The second kappa shape index (κ2) is 10.8. The van der Waals surface area contributed by atoms with Gasteiger partial charge in [-0.25, -0.2) is 18.4 Å². The van der Waals surface area contributed by atoms with Crippen molar-refractivity contribution in [3.8, 4) is 6.07 Å². The second-order valence-corrected chi connectivity index (χ2v) is 9.23. The van der Waals surface area contributed by atoms with Crippen LogP contribution in [0.15, 0.2) is 28.0 Å². The van der Waals surface area contributed by atoms with Gasteiger partial charge in [-0.1, -0.05) is 11.8 Å². The number of carbonyl (C=O) groups is 2. The molecule has 0 saturated heterocycles. The molecule has 0 spiro atoms. The number of aromatic nitrogens is 3. The zero-order valence-electron chi connectivity index (χ0n) is 18.0. The van der Waals surface area contributed by atoms with Crippen molar-refractivity contribution in [3.05, 3.63) is 24.0 Å². The molecule has 3 N–H and O–H groups in total. The number of pyridine rings is 1. The molecule has 2 fully saturated rings. The Morgan fingerprint density at radius 2 is 1.94 bits per heavy atom. The third-order valence-corrected chi connectivity index (χ3v) is 6.52. The number of hydrogen-bond acceptors (Lipinski definition) is 9. The second-order valence-electron chi connectivity index (χ2n) is 8.26. The van der Waals surface area contributed by atoms with Crippen LogP contribution in [0, 0.1) is 29.1 Å². The summed E-state index contributed by atoms with van der Waals surface area (Å²) in [6, 6.07) is 4.17. The average Bonchev–Trinajstić information content (AvgIpc) is 3.76. The van der Waals surface area contributed by atoms with Crippen LogP contribution in [0.1, 0.15) is 36.2 Å². The first kappa shape index (κ1) is 23.9. The maximum Gasteiger partial charge on any atom is 0.277 e. The molecule has 2 aliphatic rings. The number of thioether (sulfide) groups is 1. The van der Waals surface area contributed by atoms with E-state index in [0.29, 0.717) is 17.5 Å². The third-order valence-electron chi connectivity index (χ3n) is 5.71. The van der Waals surface area contributed by atoms with Crippen molar-refractivity contribution < 1.29 is 23.0 Å². The predicted molar refractivity (Wildman–Crippen MR) is 118 cm³/mol. The Morgan fingerprint density at radius 3 is 2.53 bits per heavy atom. The number of amides is 2. The van der Waals surface area contributed by atoms with Crippen LogP contribution in [0.5, 0.6) is 0 Å². The van der Waals surface area contributed by atoms with Gasteiger partial charge in [-0.2, -0.15) is 5.26 Å². The first-order chi connectivity index (χ1) is 16.5. The molecule has 2 aromatic heterocycles. The molecule has 10 nitrogen and oxygen atoms in total. The van der Waals surface area contributed by atoms with E-state index in [1.807, 2.05) is 6.07 Å². The molecule has 0 aromatic carbocycles. The van der Waals surface area contributed by atoms with Gasteiger partial charge in [0, 0.05) is 0 Å². The molecule has 2 aliphatic carbocycles. The first-order valence-electron chi connectivity index (χ1n) is 10.9. The Bertz CT molecular complexity index is 1040. The largest absolute Gasteiger partial charge is 0.378 e. The smallest absolute Gasteiger partial charge is 0.277 e. The highest BCUT2D eigenvalue weighted by Gasteiger charge is 2.48. The molecule has 2 amide bonds. The van der Waals surface area contributed by atoms with E-state index in [0.717, 1.165) is 37.4 Å². The number of hydrogen-bond donors (Lipinski definition) is 3. The lowest BCUT2D eigenvalue weighted by Gasteiger charge is -2.27. The van der Waals surface area contributed by atoms with Gasteiger partial charge in [-0.3, -0.25) is 9.59 Å². The summed E-state index contributed by atoms with van der Waals surface area (Å²) in [5, 5.41) is 24.4. The Kier molecular flexibility index (Phi) is 7.56. The normalized spacial score (nSPS) is 16.2. The highest BCUT2D eigenvalue weighted by Crippen LogP contribution is 2.51. The Labute approximate surface area is 198 Å². The van der Waals surface area contributed by atoms with Gasteiger partial charge >= 0.3 is 0 Å². The number of alkyl halides is 2. The van der Waals surface area contributed by atoms with E-state index in [-0.39, 0.29) is 28.2 Å². The lowest BCUT2D eigenvalue weighted by Crippen LogP contribution is -2.50. The number of nitrogens with one attached hydrogen (secondary N) is 3. The predicted octanol–water partition coefficient (Wildman–Crippen LogP) is 2.93. The number of halogens is 2. The molecule has 1 atom stereocenters. The van der Waals surface area contributed by atoms with Gasteiger partial charge in [0.2, 0.25) is 11.6 Å². The molecule has 180 valence electrons. The van der Waals surface area contributed by atoms with Gasteiger partial charge in [0.1, 0.15) is 11.9 Å². The topological polar surface area (TPSA) is 146 Å². The summed E-state index contributed by atoms with van der Waals surface area (Å²) >= 11 is 1.02. The van der Waals surface area contributed by atoms with Crippen molar-refractivity contribution in [1.82, 2.24) is 20.6 Å². The van der Waals surface area contributed by atoms with Crippen molar-refractivity contribution in [1.29, 1.82) is 5.26 Å². The maximum absolute atomic E-state index is 13.3. The van der Waals surface area contributed by atoms with Crippen molar-refractivity contribution in [3.63, 3.8) is 0 Å². The Hall–Kier alpha value is -3.27. The SMILES string of the molecule is N#CCSc1nonc1C(=O)N[C@H](C(=O)Nc1ccc(NCC(F)F)cn1)C(C1CC1)C1CC1. The van der Waals surface area contributed by atoms with Crippen molar-refractivity contribution >= 4 is 35.1 Å². The zero-order chi connectivity index (χ0) is 24.1. The van der Waals surface area contributed by atoms with Crippen LogP contribution < -0.4 is 16.0 Å². The summed E-state index contributed by atoms with van der Waals surface area (Å²) in [5.74, 6) is -0.0376. The van der Waals surface area contributed by atoms with E-state index >= 15 is 0 Å². The molecule has 0 unspecified atom stereocenters. The lowest BCUT2D eigenvalue weighted by molar-refractivity contribution is -0.119. The maximum atomic E-state index is 13.3. The van der Waals surface area contributed by atoms with Crippen LogP contribution in [0.2, 0.25) is 0 Å². The number of nitriles is 1.